The smallest absolute Gasteiger partial charge is 0.00312 e. The van der Waals surface area contributed by atoms with Crippen molar-refractivity contribution in [2.75, 3.05) is 7.05 Å². The first-order valence-corrected chi connectivity index (χ1v) is 10.8. The SMILES string of the molecule is C=C(CCC(C)(C)C(CC)CCC(C)C1CCCCCCC1)NC. The van der Waals surface area contributed by atoms with Gasteiger partial charge in [0.05, 0.1) is 0 Å². The minimum absolute atomic E-state index is 0.426. The highest BCUT2D eigenvalue weighted by atomic mass is 14.8. The Morgan fingerprint density at radius 3 is 2.21 bits per heavy atom. The van der Waals surface area contributed by atoms with Crippen molar-refractivity contribution in [2.24, 2.45) is 23.2 Å². The Kier molecular flexibility index (Phi) is 10.1. The van der Waals surface area contributed by atoms with E-state index in [1.807, 2.05) is 7.05 Å². The third-order valence-electron chi connectivity index (χ3n) is 6.95. The fraction of sp³-hybridized carbons (Fsp3) is 0.913. The van der Waals surface area contributed by atoms with Gasteiger partial charge in [-0.2, -0.15) is 0 Å². The Labute approximate surface area is 153 Å². The third kappa shape index (κ3) is 7.62. The van der Waals surface area contributed by atoms with Gasteiger partial charge in [0, 0.05) is 12.7 Å². The number of rotatable bonds is 10. The molecule has 1 nitrogen and oxygen atoms in total. The lowest BCUT2D eigenvalue weighted by molar-refractivity contribution is 0.155. The monoisotopic (exact) mass is 335 g/mol. The molecule has 1 aliphatic rings. The third-order valence-corrected chi connectivity index (χ3v) is 6.95. The van der Waals surface area contributed by atoms with Gasteiger partial charge in [-0.15, -0.1) is 0 Å². The molecule has 0 bridgehead atoms. The molecule has 0 aromatic rings. The van der Waals surface area contributed by atoms with Crippen molar-refractivity contribution in [2.45, 2.75) is 105 Å². The second-order valence-corrected chi connectivity index (χ2v) is 9.11. The fourth-order valence-electron chi connectivity index (χ4n) is 4.71. The summed E-state index contributed by atoms with van der Waals surface area (Å²) in [5, 5.41) is 3.20. The van der Waals surface area contributed by atoms with Crippen molar-refractivity contribution in [3.63, 3.8) is 0 Å². The highest BCUT2D eigenvalue weighted by molar-refractivity contribution is 4.92. The quantitative estimate of drug-likeness (QED) is 0.440. The first-order valence-electron chi connectivity index (χ1n) is 10.8. The summed E-state index contributed by atoms with van der Waals surface area (Å²) in [6.07, 6.45) is 16.9. The van der Waals surface area contributed by atoms with Crippen molar-refractivity contribution in [1.82, 2.24) is 5.32 Å². The average Bonchev–Trinajstić information content (AvgIpc) is 2.52. The predicted molar refractivity (Wildman–Crippen MR) is 109 cm³/mol. The summed E-state index contributed by atoms with van der Waals surface area (Å²) < 4.78 is 0. The predicted octanol–water partition coefficient (Wildman–Crippen LogP) is 7.33. The Hall–Kier alpha value is -0.460. The van der Waals surface area contributed by atoms with E-state index in [1.54, 1.807) is 0 Å². The largest absolute Gasteiger partial charge is 0.392 e. The van der Waals surface area contributed by atoms with Crippen molar-refractivity contribution >= 4 is 0 Å². The zero-order valence-electron chi connectivity index (χ0n) is 17.4. The minimum Gasteiger partial charge on any atom is -0.392 e. The van der Waals surface area contributed by atoms with Crippen molar-refractivity contribution in [1.29, 1.82) is 0 Å². The van der Waals surface area contributed by atoms with Gasteiger partial charge in [-0.1, -0.05) is 92.1 Å². The van der Waals surface area contributed by atoms with Crippen LogP contribution in [-0.4, -0.2) is 7.05 Å². The van der Waals surface area contributed by atoms with Gasteiger partial charge < -0.3 is 5.32 Å². The standard InChI is InChI=1S/C23H45N/c1-7-22(23(4,5)18-17-20(3)24-6)16-15-19(2)21-13-11-9-8-10-12-14-21/h19,21-22,24H,3,7-18H2,1-2,4-6H3. The summed E-state index contributed by atoms with van der Waals surface area (Å²) in [7, 11) is 1.99. The molecule has 0 amide bonds. The number of allylic oxidation sites excluding steroid dienone is 1. The van der Waals surface area contributed by atoms with Crippen LogP contribution in [0.3, 0.4) is 0 Å². The molecule has 0 aliphatic heterocycles. The van der Waals surface area contributed by atoms with E-state index in [0.29, 0.717) is 5.41 Å². The van der Waals surface area contributed by atoms with Crippen molar-refractivity contribution < 1.29 is 0 Å². The van der Waals surface area contributed by atoms with Gasteiger partial charge in [-0.3, -0.25) is 0 Å². The Morgan fingerprint density at radius 1 is 1.08 bits per heavy atom. The topological polar surface area (TPSA) is 12.0 Å². The van der Waals surface area contributed by atoms with E-state index in [9.17, 15) is 0 Å². The Balaban J connectivity index is 2.46. The maximum Gasteiger partial charge on any atom is 0.00312 e. The molecule has 0 spiro atoms. The highest BCUT2D eigenvalue weighted by Crippen LogP contribution is 2.40. The molecule has 1 rings (SSSR count). The van der Waals surface area contributed by atoms with Crippen LogP contribution < -0.4 is 5.32 Å². The van der Waals surface area contributed by atoms with Gasteiger partial charge in [0.15, 0.2) is 0 Å². The molecule has 0 heterocycles. The summed E-state index contributed by atoms with van der Waals surface area (Å²) in [4.78, 5) is 0. The summed E-state index contributed by atoms with van der Waals surface area (Å²) >= 11 is 0. The Bertz CT molecular complexity index is 336. The average molecular weight is 336 g/mol. The zero-order valence-corrected chi connectivity index (χ0v) is 17.4. The van der Waals surface area contributed by atoms with E-state index in [1.165, 1.54) is 76.3 Å². The molecule has 24 heavy (non-hydrogen) atoms. The zero-order chi connectivity index (χ0) is 18.0. The van der Waals surface area contributed by atoms with Gasteiger partial charge in [-0.25, -0.2) is 0 Å². The number of hydrogen-bond donors (Lipinski definition) is 1. The lowest BCUT2D eigenvalue weighted by Crippen LogP contribution is -2.26. The molecular weight excluding hydrogens is 290 g/mol. The summed E-state index contributed by atoms with van der Waals surface area (Å²) in [5.41, 5.74) is 1.61. The van der Waals surface area contributed by atoms with Gasteiger partial charge in [0.25, 0.3) is 0 Å². The molecule has 0 aromatic heterocycles. The molecule has 1 saturated carbocycles. The van der Waals surface area contributed by atoms with E-state index >= 15 is 0 Å². The molecule has 142 valence electrons. The van der Waals surface area contributed by atoms with Crippen molar-refractivity contribution in [3.05, 3.63) is 12.3 Å². The lowest BCUT2D eigenvalue weighted by atomic mass is 9.70. The van der Waals surface area contributed by atoms with Crippen LogP contribution in [0.2, 0.25) is 0 Å². The minimum atomic E-state index is 0.426. The van der Waals surface area contributed by atoms with Gasteiger partial charge >= 0.3 is 0 Å². The van der Waals surface area contributed by atoms with Gasteiger partial charge in [-0.05, 0) is 42.4 Å². The molecular formula is C23H45N. The van der Waals surface area contributed by atoms with Gasteiger partial charge in [0.1, 0.15) is 0 Å². The molecule has 0 radical (unpaired) electrons. The maximum atomic E-state index is 4.10. The molecule has 1 heteroatoms. The summed E-state index contributed by atoms with van der Waals surface area (Å²) in [6.45, 7) is 14.0. The lowest BCUT2D eigenvalue weighted by Gasteiger charge is -2.36. The highest BCUT2D eigenvalue weighted by Gasteiger charge is 2.29. The second-order valence-electron chi connectivity index (χ2n) is 9.11. The first kappa shape index (κ1) is 21.6. The van der Waals surface area contributed by atoms with Crippen LogP contribution in [0.15, 0.2) is 12.3 Å². The van der Waals surface area contributed by atoms with E-state index in [0.717, 1.165) is 24.2 Å². The summed E-state index contributed by atoms with van der Waals surface area (Å²) in [6, 6.07) is 0. The normalized spacial score (nSPS) is 20.0. The van der Waals surface area contributed by atoms with Crippen LogP contribution in [-0.2, 0) is 0 Å². The number of nitrogens with one attached hydrogen (secondary N) is 1. The van der Waals surface area contributed by atoms with Crippen LogP contribution in [0.25, 0.3) is 0 Å². The molecule has 1 aliphatic carbocycles. The van der Waals surface area contributed by atoms with Crippen LogP contribution in [0.1, 0.15) is 105 Å². The van der Waals surface area contributed by atoms with Crippen LogP contribution >= 0.6 is 0 Å². The molecule has 0 saturated heterocycles. The van der Waals surface area contributed by atoms with E-state index < -0.39 is 0 Å². The van der Waals surface area contributed by atoms with Gasteiger partial charge in [0.2, 0.25) is 0 Å². The number of hydrogen-bond acceptors (Lipinski definition) is 1. The maximum absolute atomic E-state index is 4.10. The molecule has 1 fully saturated rings. The van der Waals surface area contributed by atoms with E-state index in [2.05, 4.69) is 39.6 Å². The molecule has 0 aromatic carbocycles. The van der Waals surface area contributed by atoms with E-state index in [4.69, 9.17) is 0 Å². The molecule has 2 unspecified atom stereocenters. The summed E-state index contributed by atoms with van der Waals surface area (Å²) in [5.74, 6) is 2.76. The van der Waals surface area contributed by atoms with Crippen molar-refractivity contribution in [3.8, 4) is 0 Å². The molecule has 1 N–H and O–H groups in total. The van der Waals surface area contributed by atoms with Crippen LogP contribution in [0.4, 0.5) is 0 Å². The Morgan fingerprint density at radius 2 is 1.67 bits per heavy atom. The second kappa shape index (κ2) is 11.2. The first-order chi connectivity index (χ1) is 11.4. The van der Waals surface area contributed by atoms with E-state index in [-0.39, 0.29) is 0 Å². The fourth-order valence-corrected chi connectivity index (χ4v) is 4.71. The van der Waals surface area contributed by atoms with Crippen LogP contribution in [0, 0.1) is 23.2 Å². The molecule has 2 atom stereocenters. The van der Waals surface area contributed by atoms with Crippen LogP contribution in [0.5, 0.6) is 0 Å².